The third kappa shape index (κ3) is 2.83. The van der Waals surface area contributed by atoms with Crippen LogP contribution in [-0.2, 0) is 0 Å². The lowest BCUT2D eigenvalue weighted by Crippen LogP contribution is -1.91. The van der Waals surface area contributed by atoms with Crippen molar-refractivity contribution in [3.05, 3.63) is 35.0 Å². The predicted molar refractivity (Wildman–Crippen MR) is 53.4 cm³/mol. The third-order valence-electron chi connectivity index (χ3n) is 1.36. The number of halogens is 2. The fourth-order valence-corrected chi connectivity index (χ4v) is 0.958. The maximum absolute atomic E-state index is 5.58. The fourth-order valence-electron chi connectivity index (χ4n) is 0.830. The van der Waals surface area contributed by atoms with Gasteiger partial charge in [0.2, 0.25) is 5.22 Å². The van der Waals surface area contributed by atoms with Gasteiger partial charge in [-0.3, -0.25) is 0 Å². The van der Waals surface area contributed by atoms with E-state index in [9.17, 15) is 0 Å². The molecule has 0 unspecified atom stereocenters. The molecule has 0 radical (unpaired) electrons. The van der Waals surface area contributed by atoms with Gasteiger partial charge in [0.15, 0.2) is 11.5 Å². The number of methoxy groups -OCH3 is 1. The molecule has 0 bridgehead atoms. The molecule has 2 nitrogen and oxygen atoms in total. The van der Waals surface area contributed by atoms with Crippen molar-refractivity contribution >= 4 is 23.2 Å². The second-order valence-electron chi connectivity index (χ2n) is 2.17. The van der Waals surface area contributed by atoms with Crippen molar-refractivity contribution in [3.63, 3.8) is 0 Å². The molecule has 0 heterocycles. The van der Waals surface area contributed by atoms with Gasteiger partial charge in [-0.1, -0.05) is 23.7 Å². The second-order valence-corrected chi connectivity index (χ2v) is 2.76. The molecule has 4 heteroatoms. The summed E-state index contributed by atoms with van der Waals surface area (Å²) in [5, 5.41) is 0.103. The van der Waals surface area contributed by atoms with Gasteiger partial charge in [-0.15, -0.1) is 0 Å². The number of ether oxygens (including phenoxy) is 2. The Morgan fingerprint density at radius 1 is 1.31 bits per heavy atom. The molecule has 1 aromatic rings. The van der Waals surface area contributed by atoms with Crippen LogP contribution in [0, 0.1) is 0 Å². The van der Waals surface area contributed by atoms with Gasteiger partial charge in [0.25, 0.3) is 0 Å². The first-order chi connectivity index (χ1) is 6.27. The first-order valence-electron chi connectivity index (χ1n) is 3.54. The van der Waals surface area contributed by atoms with Crippen molar-refractivity contribution in [2.45, 2.75) is 0 Å². The molecule has 0 amide bonds. The average Bonchev–Trinajstić information content (AvgIpc) is 2.18. The Bertz CT molecular complexity index is 310. The topological polar surface area (TPSA) is 18.5 Å². The zero-order valence-corrected chi connectivity index (χ0v) is 8.47. The van der Waals surface area contributed by atoms with E-state index in [1.165, 1.54) is 0 Å². The molecule has 0 aromatic heterocycles. The Morgan fingerprint density at radius 2 is 1.92 bits per heavy atom. The summed E-state index contributed by atoms with van der Waals surface area (Å²) in [6, 6.07) is 7.16. The quantitative estimate of drug-likeness (QED) is 0.725. The van der Waals surface area contributed by atoms with E-state index in [-0.39, 0.29) is 5.22 Å². The van der Waals surface area contributed by atoms with Crippen LogP contribution in [0.15, 0.2) is 35.0 Å². The summed E-state index contributed by atoms with van der Waals surface area (Å²) in [7, 11) is 1.56. The monoisotopic (exact) mass is 218 g/mol. The minimum absolute atomic E-state index is 0.103. The fraction of sp³-hybridized carbons (Fsp3) is 0.111. The van der Waals surface area contributed by atoms with Crippen LogP contribution in [0.2, 0.25) is 0 Å². The predicted octanol–water partition coefficient (Wildman–Crippen LogP) is 3.35. The molecule has 0 aliphatic heterocycles. The highest BCUT2D eigenvalue weighted by molar-refractivity contribution is 6.35. The lowest BCUT2D eigenvalue weighted by molar-refractivity contribution is 0.373. The molecule has 0 atom stereocenters. The smallest absolute Gasteiger partial charge is 0.205 e. The lowest BCUT2D eigenvalue weighted by atomic mass is 10.3. The Morgan fingerprint density at radius 3 is 2.46 bits per heavy atom. The summed E-state index contributed by atoms with van der Waals surface area (Å²) in [6.07, 6.45) is 0. The normalized spacial score (nSPS) is 11.2. The van der Waals surface area contributed by atoms with Crippen molar-refractivity contribution < 1.29 is 9.47 Å². The number of hydrogen-bond donors (Lipinski definition) is 0. The number of para-hydroxylation sites is 2. The molecule has 1 aromatic carbocycles. The van der Waals surface area contributed by atoms with Crippen molar-refractivity contribution in [1.82, 2.24) is 0 Å². The largest absolute Gasteiger partial charge is 0.493 e. The van der Waals surface area contributed by atoms with Crippen molar-refractivity contribution in [1.29, 1.82) is 0 Å². The highest BCUT2D eigenvalue weighted by Crippen LogP contribution is 2.28. The average molecular weight is 219 g/mol. The van der Waals surface area contributed by atoms with Gasteiger partial charge in [-0.25, -0.2) is 0 Å². The summed E-state index contributed by atoms with van der Waals surface area (Å²) in [4.78, 5) is 0. The lowest BCUT2D eigenvalue weighted by Gasteiger charge is -2.07. The maximum atomic E-state index is 5.58. The summed E-state index contributed by atoms with van der Waals surface area (Å²) in [6.45, 7) is 0. The summed E-state index contributed by atoms with van der Waals surface area (Å²) in [5.41, 5.74) is 1.15. The molecule has 0 N–H and O–H groups in total. The van der Waals surface area contributed by atoms with E-state index in [2.05, 4.69) is 0 Å². The Labute approximate surface area is 86.7 Å². The molecule has 0 fully saturated rings. The molecular formula is C9H8Cl2O2. The second kappa shape index (κ2) is 5.00. The molecule has 0 aliphatic rings. The minimum Gasteiger partial charge on any atom is -0.493 e. The molecule has 0 aliphatic carbocycles. The van der Waals surface area contributed by atoms with E-state index in [1.54, 1.807) is 19.2 Å². The van der Waals surface area contributed by atoms with E-state index in [4.69, 9.17) is 32.7 Å². The molecule has 0 saturated carbocycles. The van der Waals surface area contributed by atoms with Gasteiger partial charge in [0.1, 0.15) is 0 Å². The first-order valence-corrected chi connectivity index (χ1v) is 4.36. The Kier molecular flexibility index (Phi) is 3.93. The van der Waals surface area contributed by atoms with Gasteiger partial charge in [0.05, 0.1) is 12.6 Å². The van der Waals surface area contributed by atoms with Crippen LogP contribution in [0.1, 0.15) is 0 Å². The molecule has 70 valence electrons. The molecule has 13 heavy (non-hydrogen) atoms. The van der Waals surface area contributed by atoms with E-state index in [0.717, 1.165) is 5.54 Å². The zero-order valence-electron chi connectivity index (χ0n) is 6.96. The van der Waals surface area contributed by atoms with Gasteiger partial charge < -0.3 is 9.47 Å². The molecule has 1 rings (SSSR count). The van der Waals surface area contributed by atoms with Gasteiger partial charge in [-0.2, -0.15) is 0 Å². The number of benzene rings is 1. The Hall–Kier alpha value is -0.860. The first kappa shape index (κ1) is 10.2. The van der Waals surface area contributed by atoms with Crippen molar-refractivity contribution in [3.8, 4) is 11.5 Å². The molecule has 0 saturated heterocycles. The van der Waals surface area contributed by atoms with Crippen LogP contribution in [0.25, 0.3) is 0 Å². The standard InChI is InChI=1S/C9H8Cl2O2/c1-12-7-4-2-3-5-8(7)13-9(11)6-10/h2-6H,1H3/b9-6-. The van der Waals surface area contributed by atoms with Crippen molar-refractivity contribution in [2.75, 3.05) is 7.11 Å². The SMILES string of the molecule is COc1ccccc1O/C(Cl)=C\Cl. The van der Waals surface area contributed by atoms with E-state index in [0.29, 0.717) is 11.5 Å². The summed E-state index contributed by atoms with van der Waals surface area (Å²) < 4.78 is 10.2. The number of rotatable bonds is 3. The minimum atomic E-state index is 0.103. The highest BCUT2D eigenvalue weighted by atomic mass is 35.5. The maximum Gasteiger partial charge on any atom is 0.205 e. The van der Waals surface area contributed by atoms with Crippen LogP contribution in [0.3, 0.4) is 0 Å². The van der Waals surface area contributed by atoms with Crippen LogP contribution in [0.5, 0.6) is 11.5 Å². The van der Waals surface area contributed by atoms with Gasteiger partial charge in [-0.05, 0) is 23.7 Å². The zero-order chi connectivity index (χ0) is 9.68. The van der Waals surface area contributed by atoms with Gasteiger partial charge >= 0.3 is 0 Å². The van der Waals surface area contributed by atoms with Crippen LogP contribution < -0.4 is 9.47 Å². The summed E-state index contributed by atoms with van der Waals surface area (Å²) in [5.74, 6) is 1.14. The van der Waals surface area contributed by atoms with Gasteiger partial charge in [0, 0.05) is 0 Å². The third-order valence-corrected chi connectivity index (χ3v) is 1.86. The van der Waals surface area contributed by atoms with E-state index >= 15 is 0 Å². The van der Waals surface area contributed by atoms with Crippen LogP contribution in [0.4, 0.5) is 0 Å². The van der Waals surface area contributed by atoms with Crippen LogP contribution in [-0.4, -0.2) is 7.11 Å². The summed E-state index contributed by atoms with van der Waals surface area (Å²) >= 11 is 10.9. The Balaban J connectivity index is 2.87. The van der Waals surface area contributed by atoms with E-state index < -0.39 is 0 Å². The highest BCUT2D eigenvalue weighted by Gasteiger charge is 2.03. The van der Waals surface area contributed by atoms with E-state index in [1.807, 2.05) is 12.1 Å². The molecular weight excluding hydrogens is 211 g/mol. The number of hydrogen-bond acceptors (Lipinski definition) is 2. The molecule has 0 spiro atoms. The van der Waals surface area contributed by atoms with Crippen LogP contribution >= 0.6 is 23.2 Å². The van der Waals surface area contributed by atoms with Crippen molar-refractivity contribution in [2.24, 2.45) is 0 Å².